The summed E-state index contributed by atoms with van der Waals surface area (Å²) < 4.78 is 11.0. The second-order valence-corrected chi connectivity index (χ2v) is 6.36. The second kappa shape index (κ2) is 8.35. The molecule has 2 aromatic heterocycles. The third kappa shape index (κ3) is 4.47. The molecule has 7 nitrogen and oxygen atoms in total. The molecular formula is C22H18N4O3. The highest BCUT2D eigenvalue weighted by Gasteiger charge is 2.15. The molecule has 1 N–H and O–H groups in total. The van der Waals surface area contributed by atoms with E-state index in [4.69, 9.17) is 9.26 Å². The maximum absolute atomic E-state index is 12.4. The van der Waals surface area contributed by atoms with Crippen LogP contribution in [0.4, 0.5) is 5.69 Å². The molecule has 1 amide bonds. The number of nitrogens with zero attached hydrogens (tertiary/aromatic N) is 3. The summed E-state index contributed by atoms with van der Waals surface area (Å²) in [7, 11) is 0. The van der Waals surface area contributed by atoms with Crippen LogP contribution in [0.3, 0.4) is 0 Å². The Balaban J connectivity index is 1.48. The van der Waals surface area contributed by atoms with Crippen molar-refractivity contribution in [2.24, 2.45) is 0 Å². The molecule has 0 aliphatic rings. The van der Waals surface area contributed by atoms with E-state index in [-0.39, 0.29) is 12.5 Å². The predicted molar refractivity (Wildman–Crippen MR) is 108 cm³/mol. The lowest BCUT2D eigenvalue weighted by molar-refractivity contribution is -0.118. The largest absolute Gasteiger partial charge is 0.484 e. The molecule has 0 saturated carbocycles. The molecule has 2 heterocycles. The summed E-state index contributed by atoms with van der Waals surface area (Å²) in [6.07, 6.45) is 3.32. The lowest BCUT2D eigenvalue weighted by atomic mass is 10.1. The van der Waals surface area contributed by atoms with Crippen LogP contribution in [0, 0.1) is 6.92 Å². The van der Waals surface area contributed by atoms with Crippen LogP contribution < -0.4 is 10.1 Å². The molecule has 0 saturated heterocycles. The summed E-state index contributed by atoms with van der Waals surface area (Å²) in [5.41, 5.74) is 3.05. The summed E-state index contributed by atoms with van der Waals surface area (Å²) in [5, 5.41) is 6.86. The number of ether oxygens (including phenoxy) is 1. The van der Waals surface area contributed by atoms with E-state index >= 15 is 0 Å². The van der Waals surface area contributed by atoms with Crippen LogP contribution in [0.2, 0.25) is 0 Å². The van der Waals surface area contributed by atoms with E-state index in [9.17, 15) is 4.79 Å². The lowest BCUT2D eigenvalue weighted by Gasteiger charge is -2.10. The number of nitrogens with one attached hydrogen (secondary N) is 1. The fraction of sp³-hybridized carbons (Fsp3) is 0.0909. The van der Waals surface area contributed by atoms with Crippen LogP contribution in [-0.4, -0.2) is 27.6 Å². The van der Waals surface area contributed by atoms with Crippen LogP contribution in [0.25, 0.3) is 22.8 Å². The van der Waals surface area contributed by atoms with Crippen molar-refractivity contribution in [2.45, 2.75) is 6.92 Å². The molecule has 4 aromatic rings. The van der Waals surface area contributed by atoms with Crippen molar-refractivity contribution < 1.29 is 14.1 Å². The first kappa shape index (κ1) is 18.4. The van der Waals surface area contributed by atoms with Crippen molar-refractivity contribution in [3.05, 3.63) is 78.6 Å². The maximum Gasteiger partial charge on any atom is 0.262 e. The number of amides is 1. The molecule has 0 aliphatic carbocycles. The first-order valence-electron chi connectivity index (χ1n) is 9.02. The zero-order chi connectivity index (χ0) is 20.1. The van der Waals surface area contributed by atoms with Gasteiger partial charge in [0.05, 0.1) is 11.3 Å². The van der Waals surface area contributed by atoms with E-state index in [1.807, 2.05) is 43.3 Å². The molecular weight excluding hydrogens is 368 g/mol. The SMILES string of the molecule is Cc1cccc(OCC(=O)Nc2ccccc2-c2nc(-c3ccncc3)no2)c1. The number of aryl methyl sites for hydroxylation is 1. The highest BCUT2D eigenvalue weighted by Crippen LogP contribution is 2.28. The molecule has 0 unspecified atom stereocenters. The van der Waals surface area contributed by atoms with Crippen LogP contribution in [0.5, 0.6) is 5.75 Å². The quantitative estimate of drug-likeness (QED) is 0.536. The van der Waals surface area contributed by atoms with Crippen LogP contribution in [-0.2, 0) is 4.79 Å². The molecule has 0 radical (unpaired) electrons. The Morgan fingerprint density at radius 2 is 1.90 bits per heavy atom. The number of carbonyl (C=O) groups excluding carboxylic acids is 1. The number of para-hydroxylation sites is 1. The van der Waals surface area contributed by atoms with Crippen molar-refractivity contribution in [1.29, 1.82) is 0 Å². The number of pyridine rings is 1. The standard InChI is InChI=1S/C22H18N4O3/c1-15-5-4-6-17(13-15)28-14-20(27)24-19-8-3-2-7-18(19)22-25-21(26-29-22)16-9-11-23-12-10-16/h2-13H,14H2,1H3,(H,24,27). The van der Waals surface area contributed by atoms with Gasteiger partial charge in [0.1, 0.15) is 5.75 Å². The Morgan fingerprint density at radius 3 is 2.72 bits per heavy atom. The summed E-state index contributed by atoms with van der Waals surface area (Å²) >= 11 is 0. The molecule has 0 atom stereocenters. The minimum absolute atomic E-state index is 0.107. The Hall–Kier alpha value is -4.00. The number of rotatable bonds is 6. The molecule has 0 spiro atoms. The van der Waals surface area contributed by atoms with Gasteiger partial charge in [-0.3, -0.25) is 9.78 Å². The van der Waals surface area contributed by atoms with Crippen molar-refractivity contribution >= 4 is 11.6 Å². The number of aromatic nitrogens is 3. The van der Waals surface area contributed by atoms with Gasteiger partial charge < -0.3 is 14.6 Å². The summed E-state index contributed by atoms with van der Waals surface area (Å²) in [5.74, 6) is 1.12. The van der Waals surface area contributed by atoms with Crippen LogP contribution in [0.15, 0.2) is 77.6 Å². The number of hydrogen-bond donors (Lipinski definition) is 1. The first-order chi connectivity index (χ1) is 14.2. The number of benzene rings is 2. The molecule has 29 heavy (non-hydrogen) atoms. The summed E-state index contributed by atoms with van der Waals surface area (Å²) in [4.78, 5) is 20.8. The summed E-state index contributed by atoms with van der Waals surface area (Å²) in [6, 6.07) is 18.4. The third-order valence-corrected chi connectivity index (χ3v) is 4.16. The normalized spacial score (nSPS) is 10.5. The van der Waals surface area contributed by atoms with Gasteiger partial charge in [0, 0.05) is 18.0 Å². The van der Waals surface area contributed by atoms with E-state index in [1.54, 1.807) is 36.7 Å². The van der Waals surface area contributed by atoms with Crippen molar-refractivity contribution in [2.75, 3.05) is 11.9 Å². The van der Waals surface area contributed by atoms with Gasteiger partial charge in [-0.1, -0.05) is 29.4 Å². The van der Waals surface area contributed by atoms with Gasteiger partial charge in [0.15, 0.2) is 6.61 Å². The van der Waals surface area contributed by atoms with Crippen molar-refractivity contribution in [1.82, 2.24) is 15.1 Å². The Kier molecular flexibility index (Phi) is 5.29. The van der Waals surface area contributed by atoms with Crippen LogP contribution in [0.1, 0.15) is 5.56 Å². The number of anilines is 1. The van der Waals surface area contributed by atoms with Gasteiger partial charge in [-0.05, 0) is 48.9 Å². The number of hydrogen-bond acceptors (Lipinski definition) is 6. The fourth-order valence-corrected chi connectivity index (χ4v) is 2.77. The van der Waals surface area contributed by atoms with Crippen LogP contribution >= 0.6 is 0 Å². The Bertz CT molecular complexity index is 1130. The highest BCUT2D eigenvalue weighted by atomic mass is 16.5. The maximum atomic E-state index is 12.4. The smallest absolute Gasteiger partial charge is 0.262 e. The predicted octanol–water partition coefficient (Wildman–Crippen LogP) is 4.12. The molecule has 4 rings (SSSR count). The van der Waals surface area contributed by atoms with Gasteiger partial charge in [-0.15, -0.1) is 0 Å². The molecule has 0 aliphatic heterocycles. The first-order valence-corrected chi connectivity index (χ1v) is 9.02. The zero-order valence-electron chi connectivity index (χ0n) is 15.7. The Labute approximate surface area is 167 Å². The van der Waals surface area contributed by atoms with E-state index in [1.165, 1.54) is 0 Å². The molecule has 7 heteroatoms. The zero-order valence-corrected chi connectivity index (χ0v) is 15.7. The Morgan fingerprint density at radius 1 is 1.07 bits per heavy atom. The van der Waals surface area contributed by atoms with E-state index in [0.29, 0.717) is 28.7 Å². The monoisotopic (exact) mass is 386 g/mol. The van der Waals surface area contributed by atoms with Gasteiger partial charge in [-0.25, -0.2) is 0 Å². The third-order valence-electron chi connectivity index (χ3n) is 4.16. The minimum Gasteiger partial charge on any atom is -0.484 e. The van der Waals surface area contributed by atoms with E-state index in [0.717, 1.165) is 11.1 Å². The molecule has 0 fully saturated rings. The topological polar surface area (TPSA) is 90.1 Å². The minimum atomic E-state index is -0.284. The average Bonchev–Trinajstić information content (AvgIpc) is 3.23. The van der Waals surface area contributed by atoms with E-state index < -0.39 is 0 Å². The molecule has 144 valence electrons. The fourth-order valence-electron chi connectivity index (χ4n) is 2.77. The highest BCUT2D eigenvalue weighted by molar-refractivity contribution is 5.95. The van der Waals surface area contributed by atoms with Crippen molar-refractivity contribution in [3.8, 4) is 28.6 Å². The number of carbonyl (C=O) groups is 1. The lowest BCUT2D eigenvalue weighted by Crippen LogP contribution is -2.20. The summed E-state index contributed by atoms with van der Waals surface area (Å²) in [6.45, 7) is 1.86. The van der Waals surface area contributed by atoms with Gasteiger partial charge >= 0.3 is 0 Å². The van der Waals surface area contributed by atoms with E-state index in [2.05, 4.69) is 20.4 Å². The average molecular weight is 386 g/mol. The van der Waals surface area contributed by atoms with Gasteiger partial charge in [-0.2, -0.15) is 4.98 Å². The molecule has 0 bridgehead atoms. The second-order valence-electron chi connectivity index (χ2n) is 6.36. The van der Waals surface area contributed by atoms with Gasteiger partial charge in [0.2, 0.25) is 5.82 Å². The molecule has 2 aromatic carbocycles. The van der Waals surface area contributed by atoms with Gasteiger partial charge in [0.25, 0.3) is 11.8 Å². The van der Waals surface area contributed by atoms with Crippen molar-refractivity contribution in [3.63, 3.8) is 0 Å².